The van der Waals surface area contributed by atoms with Gasteiger partial charge in [-0.3, -0.25) is 4.99 Å². The number of piperidine rings is 1. The minimum Gasteiger partial charge on any atom is -0.490 e. The van der Waals surface area contributed by atoms with Crippen LogP contribution < -0.4 is 10.1 Å². The third kappa shape index (κ3) is 3.96. The van der Waals surface area contributed by atoms with Gasteiger partial charge in [-0.2, -0.15) is 0 Å². The Balaban J connectivity index is 1.33. The van der Waals surface area contributed by atoms with E-state index in [4.69, 9.17) is 9.72 Å². The van der Waals surface area contributed by atoms with Crippen molar-refractivity contribution in [3.63, 3.8) is 0 Å². The zero-order valence-electron chi connectivity index (χ0n) is 16.5. The largest absolute Gasteiger partial charge is 0.490 e. The summed E-state index contributed by atoms with van der Waals surface area (Å²) in [6, 6.07) is 18.3. The van der Waals surface area contributed by atoms with Gasteiger partial charge in [-0.25, -0.2) is 4.98 Å². The molecule has 0 unspecified atom stereocenters. The molecule has 0 amide bonds. The fraction of sp³-hybridized carbons (Fsp3) is 0.364. The molecule has 1 aromatic heterocycles. The number of hydrogen-bond donors (Lipinski definition) is 1. The van der Waals surface area contributed by atoms with Gasteiger partial charge in [0.1, 0.15) is 17.7 Å². The summed E-state index contributed by atoms with van der Waals surface area (Å²) in [5.41, 5.74) is 2.17. The zero-order chi connectivity index (χ0) is 19.3. The van der Waals surface area contributed by atoms with Gasteiger partial charge in [0, 0.05) is 40.0 Å². The zero-order valence-corrected chi connectivity index (χ0v) is 16.5. The predicted octanol–water partition coefficient (Wildman–Crippen LogP) is 3.19. The SMILES string of the molecule is CN=C(NCc1nc2ccccc2n1C)N1CCC(Oc2ccccc2)CC1. The van der Waals surface area contributed by atoms with Crippen LogP contribution in [-0.4, -0.2) is 46.7 Å². The summed E-state index contributed by atoms with van der Waals surface area (Å²) in [7, 11) is 3.89. The van der Waals surface area contributed by atoms with Crippen LogP contribution in [0.3, 0.4) is 0 Å². The molecular formula is C22H27N5O. The standard InChI is InChI=1S/C22H27N5O/c1-23-22(24-16-21-25-19-10-6-7-11-20(19)26(21)2)27-14-12-18(13-15-27)28-17-8-4-3-5-9-17/h3-11,18H,12-16H2,1-2H3,(H,23,24). The van der Waals surface area contributed by atoms with Crippen molar-refractivity contribution in [1.82, 2.24) is 19.8 Å². The molecule has 3 aromatic rings. The summed E-state index contributed by atoms with van der Waals surface area (Å²) < 4.78 is 8.23. The van der Waals surface area contributed by atoms with Gasteiger partial charge >= 0.3 is 0 Å². The third-order valence-electron chi connectivity index (χ3n) is 5.28. The van der Waals surface area contributed by atoms with Crippen molar-refractivity contribution in [2.75, 3.05) is 20.1 Å². The van der Waals surface area contributed by atoms with E-state index in [2.05, 4.69) is 32.9 Å². The summed E-state index contributed by atoms with van der Waals surface area (Å²) >= 11 is 0. The van der Waals surface area contributed by atoms with Crippen LogP contribution in [0.25, 0.3) is 11.0 Å². The highest BCUT2D eigenvalue weighted by atomic mass is 16.5. The van der Waals surface area contributed by atoms with Gasteiger partial charge < -0.3 is 19.5 Å². The van der Waals surface area contributed by atoms with Crippen LogP contribution in [0.5, 0.6) is 5.75 Å². The van der Waals surface area contributed by atoms with Gasteiger partial charge in [0.05, 0.1) is 17.6 Å². The number of aryl methyl sites for hydroxylation is 1. The molecule has 1 fully saturated rings. The fourth-order valence-corrected chi connectivity index (χ4v) is 3.72. The highest BCUT2D eigenvalue weighted by Crippen LogP contribution is 2.19. The topological polar surface area (TPSA) is 54.7 Å². The summed E-state index contributed by atoms with van der Waals surface area (Å²) in [5.74, 6) is 2.88. The second kappa shape index (κ2) is 8.33. The van der Waals surface area contributed by atoms with Crippen molar-refractivity contribution in [1.29, 1.82) is 0 Å². The average Bonchev–Trinajstić information content (AvgIpc) is 3.06. The van der Waals surface area contributed by atoms with E-state index < -0.39 is 0 Å². The molecule has 2 aromatic carbocycles. The Bertz CT molecular complexity index is 942. The molecule has 0 atom stereocenters. The van der Waals surface area contributed by atoms with Crippen LogP contribution in [-0.2, 0) is 13.6 Å². The van der Waals surface area contributed by atoms with Crippen LogP contribution >= 0.6 is 0 Å². The molecule has 2 heterocycles. The minimum absolute atomic E-state index is 0.261. The Morgan fingerprint density at radius 3 is 2.54 bits per heavy atom. The van der Waals surface area contributed by atoms with E-state index >= 15 is 0 Å². The molecule has 0 aliphatic carbocycles. The molecular weight excluding hydrogens is 350 g/mol. The molecule has 28 heavy (non-hydrogen) atoms. The van der Waals surface area contributed by atoms with Crippen molar-refractivity contribution < 1.29 is 4.74 Å². The van der Waals surface area contributed by atoms with Crippen molar-refractivity contribution in [2.45, 2.75) is 25.5 Å². The number of guanidine groups is 1. The van der Waals surface area contributed by atoms with Gasteiger partial charge in [-0.15, -0.1) is 0 Å². The molecule has 146 valence electrons. The van der Waals surface area contributed by atoms with Gasteiger partial charge in [0.25, 0.3) is 0 Å². The van der Waals surface area contributed by atoms with Crippen molar-refractivity contribution in [2.24, 2.45) is 12.0 Å². The predicted molar refractivity (Wildman–Crippen MR) is 113 cm³/mol. The van der Waals surface area contributed by atoms with E-state index in [1.807, 2.05) is 55.6 Å². The maximum atomic E-state index is 6.10. The maximum absolute atomic E-state index is 6.10. The highest BCUT2D eigenvalue weighted by molar-refractivity contribution is 5.80. The smallest absolute Gasteiger partial charge is 0.194 e. The second-order valence-corrected chi connectivity index (χ2v) is 7.09. The van der Waals surface area contributed by atoms with Crippen molar-refractivity contribution in [3.8, 4) is 5.75 Å². The van der Waals surface area contributed by atoms with Crippen molar-refractivity contribution in [3.05, 3.63) is 60.4 Å². The lowest BCUT2D eigenvalue weighted by molar-refractivity contribution is 0.129. The minimum atomic E-state index is 0.261. The van der Waals surface area contributed by atoms with E-state index in [1.54, 1.807) is 0 Å². The molecule has 6 heteroatoms. The number of aromatic nitrogens is 2. The van der Waals surface area contributed by atoms with Crippen LogP contribution in [0.4, 0.5) is 0 Å². The number of ether oxygens (including phenoxy) is 1. The Morgan fingerprint density at radius 1 is 1.11 bits per heavy atom. The Labute approximate surface area is 165 Å². The molecule has 0 spiro atoms. The lowest BCUT2D eigenvalue weighted by atomic mass is 10.1. The molecule has 1 aliphatic rings. The van der Waals surface area contributed by atoms with E-state index in [0.29, 0.717) is 6.54 Å². The quantitative estimate of drug-likeness (QED) is 0.560. The first kappa shape index (κ1) is 18.3. The number of imidazole rings is 1. The summed E-state index contributed by atoms with van der Waals surface area (Å²) in [4.78, 5) is 11.5. The number of aliphatic imine (C=N–C) groups is 1. The van der Waals surface area contributed by atoms with Crippen LogP contribution in [0, 0.1) is 0 Å². The number of fused-ring (bicyclic) bond motifs is 1. The lowest BCUT2D eigenvalue weighted by Crippen LogP contribution is -2.47. The van der Waals surface area contributed by atoms with Crippen LogP contribution in [0.1, 0.15) is 18.7 Å². The third-order valence-corrected chi connectivity index (χ3v) is 5.28. The number of hydrogen-bond acceptors (Lipinski definition) is 3. The first-order chi connectivity index (χ1) is 13.7. The fourth-order valence-electron chi connectivity index (χ4n) is 3.72. The molecule has 6 nitrogen and oxygen atoms in total. The summed E-state index contributed by atoms with van der Waals surface area (Å²) in [5, 5.41) is 3.47. The van der Waals surface area contributed by atoms with Crippen molar-refractivity contribution >= 4 is 17.0 Å². The number of para-hydroxylation sites is 3. The molecule has 4 rings (SSSR count). The summed E-state index contributed by atoms with van der Waals surface area (Å²) in [6.45, 7) is 2.51. The number of likely N-dealkylation sites (tertiary alicyclic amines) is 1. The highest BCUT2D eigenvalue weighted by Gasteiger charge is 2.23. The van der Waals surface area contributed by atoms with E-state index in [1.165, 1.54) is 0 Å². The molecule has 0 radical (unpaired) electrons. The average molecular weight is 377 g/mol. The van der Waals surface area contributed by atoms with Gasteiger partial charge in [0.2, 0.25) is 0 Å². The number of rotatable bonds is 4. The molecule has 1 aliphatic heterocycles. The monoisotopic (exact) mass is 377 g/mol. The summed E-state index contributed by atoms with van der Waals surface area (Å²) in [6.07, 6.45) is 2.24. The first-order valence-electron chi connectivity index (χ1n) is 9.82. The van der Waals surface area contributed by atoms with Gasteiger partial charge in [-0.1, -0.05) is 30.3 Å². The molecule has 1 N–H and O–H groups in total. The second-order valence-electron chi connectivity index (χ2n) is 7.09. The molecule has 1 saturated heterocycles. The molecule has 0 bridgehead atoms. The Hall–Kier alpha value is -3.02. The number of nitrogens with one attached hydrogen (secondary N) is 1. The van der Waals surface area contributed by atoms with Crippen LogP contribution in [0.2, 0.25) is 0 Å². The lowest BCUT2D eigenvalue weighted by Gasteiger charge is -2.34. The van der Waals surface area contributed by atoms with Crippen LogP contribution in [0.15, 0.2) is 59.6 Å². The van der Waals surface area contributed by atoms with E-state index in [0.717, 1.165) is 54.5 Å². The van der Waals surface area contributed by atoms with E-state index in [-0.39, 0.29) is 6.10 Å². The Morgan fingerprint density at radius 2 is 1.82 bits per heavy atom. The number of benzene rings is 2. The number of nitrogens with zero attached hydrogens (tertiary/aromatic N) is 4. The van der Waals surface area contributed by atoms with Gasteiger partial charge in [0.15, 0.2) is 5.96 Å². The maximum Gasteiger partial charge on any atom is 0.194 e. The van der Waals surface area contributed by atoms with E-state index in [9.17, 15) is 0 Å². The Kier molecular flexibility index (Phi) is 5.46. The normalized spacial score (nSPS) is 15.8. The molecule has 0 saturated carbocycles. The van der Waals surface area contributed by atoms with Gasteiger partial charge in [-0.05, 0) is 24.3 Å². The first-order valence-corrected chi connectivity index (χ1v) is 9.82.